The molecule has 2 unspecified atom stereocenters. The number of rotatable bonds is 8. The summed E-state index contributed by atoms with van der Waals surface area (Å²) in [5.74, 6) is 1.69. The van der Waals surface area contributed by atoms with Crippen molar-refractivity contribution in [1.82, 2.24) is 15.1 Å². The van der Waals surface area contributed by atoms with Crippen molar-refractivity contribution < 1.29 is 14.3 Å². The topological polar surface area (TPSA) is 66.4 Å². The highest BCUT2D eigenvalue weighted by molar-refractivity contribution is 5.94. The minimum atomic E-state index is 0.0678. The van der Waals surface area contributed by atoms with Crippen LogP contribution in [0.3, 0.4) is 0 Å². The van der Waals surface area contributed by atoms with Gasteiger partial charge in [-0.25, -0.2) is 0 Å². The van der Waals surface area contributed by atoms with E-state index in [4.69, 9.17) is 9.47 Å². The number of hydrogen-bond donors (Lipinski definition) is 1. The van der Waals surface area contributed by atoms with Crippen LogP contribution in [0.25, 0.3) is 0 Å². The Labute approximate surface area is 180 Å². The van der Waals surface area contributed by atoms with Gasteiger partial charge in [0.2, 0.25) is 0 Å². The number of amides is 1. The monoisotopic (exact) mass is 416 g/mol. The van der Waals surface area contributed by atoms with Crippen molar-refractivity contribution in [3.63, 3.8) is 0 Å². The molecule has 2 aliphatic rings. The van der Waals surface area contributed by atoms with Crippen molar-refractivity contribution >= 4 is 11.9 Å². The molecule has 1 aliphatic heterocycles. The summed E-state index contributed by atoms with van der Waals surface area (Å²) in [6, 6.07) is 7.81. The molecule has 1 amide bonds. The van der Waals surface area contributed by atoms with Crippen LogP contribution in [0.1, 0.15) is 42.6 Å². The molecule has 2 atom stereocenters. The molecule has 0 aromatic heterocycles. The summed E-state index contributed by atoms with van der Waals surface area (Å²) in [6.07, 6.45) is 2.77. The van der Waals surface area contributed by atoms with Crippen LogP contribution in [0, 0.1) is 5.92 Å². The standard InChI is InChI=1S/C23H36N4O3/c1-17-14-27(15-18(2)30-17)22(28)21-9-7-19(8-10-21)13-25-23(24-3)26(4)11-12-29-16-20-5-6-20/h7-10,17-18,20H,5-6,11-16H2,1-4H3,(H,24,25). The lowest BCUT2D eigenvalue weighted by atomic mass is 10.1. The van der Waals surface area contributed by atoms with E-state index >= 15 is 0 Å². The molecule has 7 heteroatoms. The second-order valence-electron chi connectivity index (χ2n) is 8.50. The predicted molar refractivity (Wildman–Crippen MR) is 119 cm³/mol. The average molecular weight is 417 g/mol. The maximum absolute atomic E-state index is 12.8. The third-order valence-electron chi connectivity index (χ3n) is 5.55. The molecule has 1 aliphatic carbocycles. The van der Waals surface area contributed by atoms with Gasteiger partial charge in [0.1, 0.15) is 0 Å². The van der Waals surface area contributed by atoms with E-state index in [1.165, 1.54) is 12.8 Å². The van der Waals surface area contributed by atoms with Gasteiger partial charge in [0.15, 0.2) is 5.96 Å². The predicted octanol–water partition coefficient (Wildman–Crippen LogP) is 2.37. The minimum absolute atomic E-state index is 0.0678. The van der Waals surface area contributed by atoms with Gasteiger partial charge in [0, 0.05) is 52.4 Å². The summed E-state index contributed by atoms with van der Waals surface area (Å²) < 4.78 is 11.4. The number of morpholine rings is 1. The van der Waals surface area contributed by atoms with E-state index in [1.54, 1.807) is 7.05 Å². The zero-order valence-electron chi connectivity index (χ0n) is 18.8. The molecule has 0 spiro atoms. The first-order valence-electron chi connectivity index (χ1n) is 11.0. The first-order chi connectivity index (χ1) is 14.5. The largest absolute Gasteiger partial charge is 0.379 e. The van der Waals surface area contributed by atoms with E-state index < -0.39 is 0 Å². The number of carbonyl (C=O) groups is 1. The summed E-state index contributed by atoms with van der Waals surface area (Å²) in [5.41, 5.74) is 1.82. The van der Waals surface area contributed by atoms with E-state index in [9.17, 15) is 4.79 Å². The van der Waals surface area contributed by atoms with Gasteiger partial charge in [0.05, 0.1) is 18.8 Å². The van der Waals surface area contributed by atoms with Gasteiger partial charge in [-0.2, -0.15) is 0 Å². The molecule has 30 heavy (non-hydrogen) atoms. The van der Waals surface area contributed by atoms with Gasteiger partial charge >= 0.3 is 0 Å². The number of nitrogens with one attached hydrogen (secondary N) is 1. The number of carbonyl (C=O) groups excluding carboxylic acids is 1. The second-order valence-corrected chi connectivity index (χ2v) is 8.50. The zero-order chi connectivity index (χ0) is 21.5. The van der Waals surface area contributed by atoms with Crippen LogP contribution in [0.4, 0.5) is 0 Å². The number of benzene rings is 1. The quantitative estimate of drug-likeness (QED) is 0.400. The van der Waals surface area contributed by atoms with E-state index in [2.05, 4.69) is 15.2 Å². The van der Waals surface area contributed by atoms with Crippen LogP contribution >= 0.6 is 0 Å². The number of nitrogens with zero attached hydrogens (tertiary/aromatic N) is 3. The van der Waals surface area contributed by atoms with Gasteiger partial charge in [-0.1, -0.05) is 12.1 Å². The number of hydrogen-bond acceptors (Lipinski definition) is 4. The number of aliphatic imine (C=N–C) groups is 1. The molecule has 2 fully saturated rings. The van der Waals surface area contributed by atoms with Gasteiger partial charge in [-0.05, 0) is 50.3 Å². The normalized spacial score (nSPS) is 22.1. The minimum Gasteiger partial charge on any atom is -0.379 e. The van der Waals surface area contributed by atoms with E-state index in [0.717, 1.165) is 36.2 Å². The molecule has 0 radical (unpaired) electrons. The summed E-state index contributed by atoms with van der Waals surface area (Å²) >= 11 is 0. The second kappa shape index (κ2) is 10.8. The Morgan fingerprint density at radius 1 is 1.23 bits per heavy atom. The molecule has 1 saturated carbocycles. The Hall–Kier alpha value is -2.12. The first-order valence-corrected chi connectivity index (χ1v) is 11.0. The third kappa shape index (κ3) is 6.71. The number of likely N-dealkylation sites (N-methyl/N-ethyl adjacent to an activating group) is 1. The fraction of sp³-hybridized carbons (Fsp3) is 0.652. The molecule has 1 N–H and O–H groups in total. The molecule has 7 nitrogen and oxygen atoms in total. The Morgan fingerprint density at radius 3 is 2.50 bits per heavy atom. The van der Waals surface area contributed by atoms with Crippen molar-refractivity contribution in [2.75, 3.05) is 46.9 Å². The van der Waals surface area contributed by atoms with Crippen molar-refractivity contribution in [1.29, 1.82) is 0 Å². The first kappa shape index (κ1) is 22.6. The molecule has 1 saturated heterocycles. The lowest BCUT2D eigenvalue weighted by molar-refractivity contribution is -0.0586. The summed E-state index contributed by atoms with van der Waals surface area (Å²) in [4.78, 5) is 21.1. The van der Waals surface area contributed by atoms with Crippen molar-refractivity contribution in [3.8, 4) is 0 Å². The van der Waals surface area contributed by atoms with Crippen molar-refractivity contribution in [3.05, 3.63) is 35.4 Å². The highest BCUT2D eigenvalue weighted by atomic mass is 16.5. The van der Waals surface area contributed by atoms with Crippen LogP contribution < -0.4 is 5.32 Å². The van der Waals surface area contributed by atoms with E-state index in [1.807, 2.05) is 50.1 Å². The van der Waals surface area contributed by atoms with Gasteiger partial charge in [0.25, 0.3) is 5.91 Å². The number of ether oxygens (including phenoxy) is 2. The smallest absolute Gasteiger partial charge is 0.254 e. The molecule has 1 aromatic carbocycles. The maximum Gasteiger partial charge on any atom is 0.254 e. The SMILES string of the molecule is CN=C(NCc1ccc(C(=O)N2CC(C)OC(C)C2)cc1)N(C)CCOCC1CC1. The molecule has 0 bridgehead atoms. The summed E-state index contributed by atoms with van der Waals surface area (Å²) in [6.45, 7) is 8.34. The summed E-state index contributed by atoms with van der Waals surface area (Å²) in [7, 11) is 3.80. The van der Waals surface area contributed by atoms with E-state index in [-0.39, 0.29) is 18.1 Å². The zero-order valence-corrected chi connectivity index (χ0v) is 18.8. The Balaban J connectivity index is 1.45. The molecular weight excluding hydrogens is 380 g/mol. The van der Waals surface area contributed by atoms with Crippen molar-refractivity contribution in [2.45, 2.75) is 45.4 Å². The van der Waals surface area contributed by atoms with Crippen LogP contribution in [-0.2, 0) is 16.0 Å². The van der Waals surface area contributed by atoms with Crippen molar-refractivity contribution in [2.24, 2.45) is 10.9 Å². The van der Waals surface area contributed by atoms with Gasteiger partial charge in [-0.15, -0.1) is 0 Å². The highest BCUT2D eigenvalue weighted by Crippen LogP contribution is 2.28. The molecule has 3 rings (SSSR count). The molecule has 1 heterocycles. The van der Waals surface area contributed by atoms with Crippen LogP contribution in [0.2, 0.25) is 0 Å². The number of guanidine groups is 1. The molecular formula is C23H36N4O3. The van der Waals surface area contributed by atoms with Crippen LogP contribution in [0.5, 0.6) is 0 Å². The summed E-state index contributed by atoms with van der Waals surface area (Å²) in [5, 5.41) is 3.38. The van der Waals surface area contributed by atoms with E-state index in [0.29, 0.717) is 26.2 Å². The maximum atomic E-state index is 12.8. The average Bonchev–Trinajstić information content (AvgIpc) is 3.55. The fourth-order valence-corrected chi connectivity index (χ4v) is 3.70. The molecule has 1 aromatic rings. The highest BCUT2D eigenvalue weighted by Gasteiger charge is 2.26. The van der Waals surface area contributed by atoms with Gasteiger partial charge in [-0.3, -0.25) is 9.79 Å². The molecule has 166 valence electrons. The third-order valence-corrected chi connectivity index (χ3v) is 5.55. The van der Waals surface area contributed by atoms with Crippen LogP contribution in [-0.4, -0.2) is 80.8 Å². The lowest BCUT2D eigenvalue weighted by Crippen LogP contribution is -2.48. The van der Waals surface area contributed by atoms with Crippen LogP contribution in [0.15, 0.2) is 29.3 Å². The fourth-order valence-electron chi connectivity index (χ4n) is 3.70. The Bertz CT molecular complexity index is 708. The Morgan fingerprint density at radius 2 is 1.90 bits per heavy atom. The Kier molecular flexibility index (Phi) is 8.10. The lowest BCUT2D eigenvalue weighted by Gasteiger charge is -2.35. The van der Waals surface area contributed by atoms with Gasteiger partial charge < -0.3 is 24.6 Å².